The Morgan fingerprint density at radius 1 is 1.10 bits per heavy atom. The van der Waals surface area contributed by atoms with Crippen molar-refractivity contribution in [3.05, 3.63) is 95.3 Å². The van der Waals surface area contributed by atoms with Crippen molar-refractivity contribution in [2.45, 2.75) is 36.4 Å². The SMILES string of the molecule is COc1ccc(CN(C(=O)CN2C(=O)c3ccccc3S2(=O)=O)[C@@H](C(=O)NC[C@H]2CCCO2)c2ccc(F)cc2)cc1. The Hall–Kier alpha value is -4.29. The summed E-state index contributed by atoms with van der Waals surface area (Å²) in [5.74, 6) is -2.14. The molecule has 0 aromatic heterocycles. The first kappa shape index (κ1) is 29.2. The number of carbonyl (C=O) groups excluding carboxylic acids is 3. The van der Waals surface area contributed by atoms with Crippen LogP contribution < -0.4 is 10.1 Å². The van der Waals surface area contributed by atoms with Crippen LogP contribution in [0.2, 0.25) is 0 Å². The van der Waals surface area contributed by atoms with Gasteiger partial charge >= 0.3 is 0 Å². The van der Waals surface area contributed by atoms with E-state index in [1.807, 2.05) is 0 Å². The van der Waals surface area contributed by atoms with E-state index in [4.69, 9.17) is 9.47 Å². The molecule has 2 aliphatic heterocycles. The average Bonchev–Trinajstić information content (AvgIpc) is 3.58. The van der Waals surface area contributed by atoms with Crippen molar-refractivity contribution in [2.24, 2.45) is 0 Å². The fourth-order valence-corrected chi connectivity index (χ4v) is 6.60. The van der Waals surface area contributed by atoms with Crippen molar-refractivity contribution in [3.8, 4) is 5.75 Å². The van der Waals surface area contributed by atoms with E-state index in [0.29, 0.717) is 27.8 Å². The standard InChI is InChI=1S/C30H30FN3O7S/c1-40-23-14-8-20(9-15-23)18-33(27(35)19-34-30(37)25-6-2-3-7-26(25)42(34,38)39)28(21-10-12-22(31)13-11-21)29(36)32-17-24-5-4-16-41-24/h2-3,6-15,24,28H,4-5,16-19H2,1H3,(H,32,36)/t24-,28-/m1/s1. The minimum Gasteiger partial charge on any atom is -0.497 e. The van der Waals surface area contributed by atoms with E-state index in [0.717, 1.165) is 12.8 Å². The Labute approximate surface area is 243 Å². The highest BCUT2D eigenvalue weighted by molar-refractivity contribution is 7.90. The lowest BCUT2D eigenvalue weighted by Crippen LogP contribution is -2.48. The first-order chi connectivity index (χ1) is 20.2. The molecule has 220 valence electrons. The van der Waals surface area contributed by atoms with Crippen LogP contribution in [0, 0.1) is 5.82 Å². The lowest BCUT2D eigenvalue weighted by molar-refractivity contribution is -0.141. The topological polar surface area (TPSA) is 122 Å². The van der Waals surface area contributed by atoms with Crippen molar-refractivity contribution in [3.63, 3.8) is 0 Å². The molecule has 2 aliphatic rings. The van der Waals surface area contributed by atoms with Crippen LogP contribution in [0.4, 0.5) is 4.39 Å². The van der Waals surface area contributed by atoms with Crippen LogP contribution in [0.15, 0.2) is 77.7 Å². The molecule has 3 aromatic carbocycles. The number of fused-ring (bicyclic) bond motifs is 1. The van der Waals surface area contributed by atoms with Gasteiger partial charge in [-0.1, -0.05) is 36.4 Å². The minimum atomic E-state index is -4.29. The number of nitrogens with zero attached hydrogens (tertiary/aromatic N) is 2. The highest BCUT2D eigenvalue weighted by Gasteiger charge is 2.43. The van der Waals surface area contributed by atoms with E-state index >= 15 is 0 Å². The van der Waals surface area contributed by atoms with Crippen LogP contribution in [0.5, 0.6) is 5.75 Å². The molecule has 0 spiro atoms. The molecule has 0 aliphatic carbocycles. The van der Waals surface area contributed by atoms with Crippen LogP contribution in [0.25, 0.3) is 0 Å². The molecule has 0 unspecified atom stereocenters. The normalized spacial score (nSPS) is 17.9. The zero-order chi connectivity index (χ0) is 29.9. The fourth-order valence-electron chi connectivity index (χ4n) is 5.09. The molecular weight excluding hydrogens is 565 g/mol. The molecule has 3 aromatic rings. The summed E-state index contributed by atoms with van der Waals surface area (Å²) >= 11 is 0. The van der Waals surface area contributed by atoms with E-state index < -0.39 is 46.1 Å². The molecule has 10 nitrogen and oxygen atoms in total. The molecule has 5 rings (SSSR count). The summed E-state index contributed by atoms with van der Waals surface area (Å²) in [6, 6.07) is 16.4. The zero-order valence-corrected chi connectivity index (χ0v) is 23.7. The van der Waals surface area contributed by atoms with E-state index in [1.165, 1.54) is 60.5 Å². The van der Waals surface area contributed by atoms with Gasteiger partial charge in [-0.15, -0.1) is 0 Å². The Morgan fingerprint density at radius 3 is 2.45 bits per heavy atom. The van der Waals surface area contributed by atoms with Gasteiger partial charge in [0.1, 0.15) is 29.0 Å². The van der Waals surface area contributed by atoms with Crippen LogP contribution in [0.3, 0.4) is 0 Å². The highest BCUT2D eigenvalue weighted by atomic mass is 32.2. The number of ether oxygens (including phenoxy) is 2. The molecule has 12 heteroatoms. The number of benzene rings is 3. The van der Waals surface area contributed by atoms with Crippen LogP contribution in [0.1, 0.15) is 40.4 Å². The number of nitrogens with one attached hydrogen (secondary N) is 1. The summed E-state index contributed by atoms with van der Waals surface area (Å²) in [6.45, 7) is -0.157. The lowest BCUT2D eigenvalue weighted by Gasteiger charge is -2.33. The Kier molecular flexibility index (Phi) is 8.55. The van der Waals surface area contributed by atoms with Gasteiger partial charge in [0, 0.05) is 19.7 Å². The number of hydrogen-bond acceptors (Lipinski definition) is 7. The van der Waals surface area contributed by atoms with Crippen LogP contribution in [-0.2, 0) is 30.9 Å². The summed E-state index contributed by atoms with van der Waals surface area (Å²) in [7, 11) is -2.78. The maximum Gasteiger partial charge on any atom is 0.269 e. The summed E-state index contributed by atoms with van der Waals surface area (Å²) in [5, 5.41) is 2.84. The predicted octanol–water partition coefficient (Wildman–Crippen LogP) is 3.04. The average molecular weight is 596 g/mol. The summed E-state index contributed by atoms with van der Waals surface area (Å²) in [4.78, 5) is 41.9. The Morgan fingerprint density at radius 2 is 1.81 bits per heavy atom. The smallest absolute Gasteiger partial charge is 0.269 e. The van der Waals surface area contributed by atoms with Crippen molar-refractivity contribution < 1.29 is 36.7 Å². The third-order valence-corrected chi connectivity index (χ3v) is 9.08. The molecule has 2 heterocycles. The van der Waals surface area contributed by atoms with Crippen molar-refractivity contribution in [2.75, 3.05) is 26.8 Å². The van der Waals surface area contributed by atoms with Crippen LogP contribution >= 0.6 is 0 Å². The molecule has 42 heavy (non-hydrogen) atoms. The molecule has 1 N–H and O–H groups in total. The third-order valence-electron chi connectivity index (χ3n) is 7.30. The Bertz CT molecular complexity index is 1570. The van der Waals surface area contributed by atoms with Gasteiger partial charge in [0.05, 0.1) is 18.8 Å². The monoisotopic (exact) mass is 595 g/mol. The first-order valence-electron chi connectivity index (χ1n) is 13.4. The third kappa shape index (κ3) is 6.00. The van der Waals surface area contributed by atoms with E-state index in [2.05, 4.69) is 5.32 Å². The molecule has 1 saturated heterocycles. The fraction of sp³-hybridized carbons (Fsp3) is 0.300. The van der Waals surface area contributed by atoms with E-state index in [1.54, 1.807) is 24.3 Å². The van der Waals surface area contributed by atoms with Gasteiger partial charge < -0.3 is 19.7 Å². The molecule has 0 saturated carbocycles. The van der Waals surface area contributed by atoms with Crippen LogP contribution in [-0.4, -0.2) is 68.3 Å². The second-order valence-electron chi connectivity index (χ2n) is 10.0. The van der Waals surface area contributed by atoms with Crippen molar-refractivity contribution >= 4 is 27.7 Å². The van der Waals surface area contributed by atoms with Crippen molar-refractivity contribution in [1.82, 2.24) is 14.5 Å². The number of rotatable bonds is 10. The predicted molar refractivity (Wildman–Crippen MR) is 149 cm³/mol. The van der Waals surface area contributed by atoms with Gasteiger partial charge in [-0.05, 0) is 60.4 Å². The molecule has 2 atom stereocenters. The first-order valence-corrected chi connectivity index (χ1v) is 14.9. The van der Waals surface area contributed by atoms with Gasteiger partial charge in [0.2, 0.25) is 11.8 Å². The Balaban J connectivity index is 1.50. The number of sulfonamides is 1. The maximum absolute atomic E-state index is 14.0. The zero-order valence-electron chi connectivity index (χ0n) is 22.9. The van der Waals surface area contributed by atoms with Gasteiger partial charge in [-0.3, -0.25) is 14.4 Å². The molecule has 1 fully saturated rings. The molecule has 0 radical (unpaired) electrons. The summed E-state index contributed by atoms with van der Waals surface area (Å²) in [5.41, 5.74) is 0.889. The quantitative estimate of drug-likeness (QED) is 0.382. The highest BCUT2D eigenvalue weighted by Crippen LogP contribution is 2.31. The molecule has 0 bridgehead atoms. The number of halogens is 1. The van der Waals surface area contributed by atoms with Gasteiger partial charge in [-0.25, -0.2) is 17.1 Å². The maximum atomic E-state index is 14.0. The van der Waals surface area contributed by atoms with Gasteiger partial charge in [0.15, 0.2) is 0 Å². The summed E-state index contributed by atoms with van der Waals surface area (Å²) < 4.78 is 51.7. The van der Waals surface area contributed by atoms with Gasteiger partial charge in [-0.2, -0.15) is 0 Å². The van der Waals surface area contributed by atoms with Crippen molar-refractivity contribution in [1.29, 1.82) is 0 Å². The second kappa shape index (κ2) is 12.3. The molecule has 3 amide bonds. The van der Waals surface area contributed by atoms with E-state index in [9.17, 15) is 27.2 Å². The minimum absolute atomic E-state index is 0.0311. The summed E-state index contributed by atoms with van der Waals surface area (Å²) in [6.07, 6.45) is 1.45. The number of carbonyl (C=O) groups is 3. The number of hydrogen-bond donors (Lipinski definition) is 1. The van der Waals surface area contributed by atoms with Gasteiger partial charge in [0.25, 0.3) is 15.9 Å². The number of amides is 3. The van der Waals surface area contributed by atoms with E-state index in [-0.39, 0.29) is 29.7 Å². The number of methoxy groups -OCH3 is 1. The molecular formula is C30H30FN3O7S. The second-order valence-corrected chi connectivity index (χ2v) is 11.8. The largest absolute Gasteiger partial charge is 0.497 e. The lowest BCUT2D eigenvalue weighted by atomic mass is 10.0.